The van der Waals surface area contributed by atoms with Crippen LogP contribution in [0, 0.1) is 0 Å². The van der Waals surface area contributed by atoms with Gasteiger partial charge in [0, 0.05) is 29.2 Å². The number of hydrogen-bond donors (Lipinski definition) is 2. The lowest BCUT2D eigenvalue weighted by atomic mass is 9.67. The standard InChI is InChI=1S/C38H32N2/c1-2-18-38(19-3-1)34-24-28(26-8-4-10-30(22-26)36-12-6-20-39-36)14-16-32(34)33-17-15-29(25-35(33)38)27-9-5-11-31(23-27)37-13-7-21-40-37/h4-17,20-25,39-40H,1-3,18-19H2. The second-order valence-corrected chi connectivity index (χ2v) is 11.5. The van der Waals surface area contributed by atoms with E-state index < -0.39 is 0 Å². The molecule has 0 unspecified atom stereocenters. The zero-order valence-corrected chi connectivity index (χ0v) is 22.6. The molecule has 2 aliphatic carbocycles. The van der Waals surface area contributed by atoms with Crippen molar-refractivity contribution in [1.82, 2.24) is 9.97 Å². The van der Waals surface area contributed by atoms with E-state index in [-0.39, 0.29) is 5.41 Å². The van der Waals surface area contributed by atoms with Crippen molar-refractivity contribution in [2.75, 3.05) is 0 Å². The molecule has 2 heteroatoms. The van der Waals surface area contributed by atoms with Crippen LogP contribution in [0.4, 0.5) is 0 Å². The number of aromatic amines is 2. The lowest BCUT2D eigenvalue weighted by Gasteiger charge is -2.36. The molecule has 1 spiro atoms. The van der Waals surface area contributed by atoms with E-state index >= 15 is 0 Å². The van der Waals surface area contributed by atoms with Crippen molar-refractivity contribution in [1.29, 1.82) is 0 Å². The summed E-state index contributed by atoms with van der Waals surface area (Å²) in [4.78, 5) is 6.72. The number of fused-ring (bicyclic) bond motifs is 5. The minimum Gasteiger partial charge on any atom is -0.361 e. The van der Waals surface area contributed by atoms with E-state index in [0.29, 0.717) is 0 Å². The SMILES string of the molecule is c1cc(-c2ccc3c(c2)C2(CCCCC2)c2cc(-c4cccc(-c5ccc[nH]5)c4)ccc2-3)cc(-c2ccc[nH]2)c1. The molecule has 2 N–H and O–H groups in total. The van der Waals surface area contributed by atoms with Crippen LogP contribution in [0.1, 0.15) is 43.2 Å². The normalized spacial score (nSPS) is 15.2. The van der Waals surface area contributed by atoms with Crippen LogP contribution < -0.4 is 0 Å². The van der Waals surface area contributed by atoms with Gasteiger partial charge in [-0.25, -0.2) is 0 Å². The molecule has 1 saturated carbocycles. The van der Waals surface area contributed by atoms with Gasteiger partial charge in [0.2, 0.25) is 0 Å². The Kier molecular flexibility index (Phi) is 5.41. The Labute approximate surface area is 235 Å². The molecule has 2 aromatic heterocycles. The van der Waals surface area contributed by atoms with Crippen LogP contribution in [0.3, 0.4) is 0 Å². The second-order valence-electron chi connectivity index (χ2n) is 11.5. The smallest absolute Gasteiger partial charge is 0.0454 e. The molecule has 6 aromatic rings. The van der Waals surface area contributed by atoms with Gasteiger partial charge < -0.3 is 9.97 Å². The first-order valence-corrected chi connectivity index (χ1v) is 14.6. The fourth-order valence-corrected chi connectivity index (χ4v) is 7.30. The van der Waals surface area contributed by atoms with Gasteiger partial charge in [-0.05, 0) is 117 Å². The Hall–Kier alpha value is -4.56. The van der Waals surface area contributed by atoms with Gasteiger partial charge in [-0.2, -0.15) is 0 Å². The zero-order valence-electron chi connectivity index (χ0n) is 22.6. The van der Waals surface area contributed by atoms with Crippen LogP contribution in [0.5, 0.6) is 0 Å². The summed E-state index contributed by atoms with van der Waals surface area (Å²) in [5.41, 5.74) is 16.0. The quantitative estimate of drug-likeness (QED) is 0.234. The summed E-state index contributed by atoms with van der Waals surface area (Å²) in [6.45, 7) is 0. The third-order valence-corrected chi connectivity index (χ3v) is 9.28. The van der Waals surface area contributed by atoms with Crippen LogP contribution in [-0.2, 0) is 5.41 Å². The number of H-pyrrole nitrogens is 2. The molecule has 0 amide bonds. The van der Waals surface area contributed by atoms with Crippen molar-refractivity contribution in [2.24, 2.45) is 0 Å². The van der Waals surface area contributed by atoms with Crippen LogP contribution in [0.15, 0.2) is 122 Å². The monoisotopic (exact) mass is 516 g/mol. The third kappa shape index (κ3) is 3.71. The van der Waals surface area contributed by atoms with Crippen LogP contribution >= 0.6 is 0 Å². The van der Waals surface area contributed by atoms with E-state index in [1.54, 1.807) is 0 Å². The van der Waals surface area contributed by atoms with Crippen molar-refractivity contribution >= 4 is 0 Å². The lowest BCUT2D eigenvalue weighted by Crippen LogP contribution is -2.28. The molecule has 2 aliphatic rings. The Bertz CT molecular complexity index is 1690. The fraction of sp³-hybridized carbons (Fsp3) is 0.158. The summed E-state index contributed by atoms with van der Waals surface area (Å²) in [5.74, 6) is 0. The van der Waals surface area contributed by atoms with E-state index in [4.69, 9.17) is 0 Å². The van der Waals surface area contributed by atoms with Gasteiger partial charge in [0.05, 0.1) is 0 Å². The molecule has 0 radical (unpaired) electrons. The van der Waals surface area contributed by atoms with Gasteiger partial charge in [-0.3, -0.25) is 0 Å². The molecule has 0 bridgehead atoms. The predicted molar refractivity (Wildman–Crippen MR) is 166 cm³/mol. The molecular weight excluding hydrogens is 484 g/mol. The fourth-order valence-electron chi connectivity index (χ4n) is 7.30. The summed E-state index contributed by atoms with van der Waals surface area (Å²) in [7, 11) is 0. The maximum absolute atomic E-state index is 3.36. The van der Waals surface area contributed by atoms with Gasteiger partial charge in [0.15, 0.2) is 0 Å². The Morgan fingerprint density at radius 2 is 0.900 bits per heavy atom. The minimum atomic E-state index is 0.100. The summed E-state index contributed by atoms with van der Waals surface area (Å²) in [6, 6.07) is 40.7. The van der Waals surface area contributed by atoms with Crippen molar-refractivity contribution in [3.63, 3.8) is 0 Å². The number of hydrogen-bond acceptors (Lipinski definition) is 0. The van der Waals surface area contributed by atoms with Crippen molar-refractivity contribution < 1.29 is 0 Å². The maximum atomic E-state index is 3.36. The highest BCUT2D eigenvalue weighted by Crippen LogP contribution is 2.57. The molecule has 0 atom stereocenters. The van der Waals surface area contributed by atoms with Crippen molar-refractivity contribution in [3.05, 3.63) is 133 Å². The number of rotatable bonds is 4. The molecular formula is C38H32N2. The molecule has 0 saturated heterocycles. The largest absolute Gasteiger partial charge is 0.361 e. The highest BCUT2D eigenvalue weighted by Gasteiger charge is 2.44. The van der Waals surface area contributed by atoms with Gasteiger partial charge in [0.25, 0.3) is 0 Å². The zero-order chi connectivity index (χ0) is 26.5. The lowest BCUT2D eigenvalue weighted by molar-refractivity contribution is 0.353. The minimum absolute atomic E-state index is 0.100. The van der Waals surface area contributed by atoms with Gasteiger partial charge in [0.1, 0.15) is 0 Å². The molecule has 8 rings (SSSR count). The van der Waals surface area contributed by atoms with Crippen LogP contribution in [0.25, 0.3) is 55.9 Å². The van der Waals surface area contributed by atoms with E-state index in [0.717, 1.165) is 11.4 Å². The maximum Gasteiger partial charge on any atom is 0.0454 e. The summed E-state index contributed by atoms with van der Waals surface area (Å²) in [5, 5.41) is 0. The molecule has 0 aliphatic heterocycles. The summed E-state index contributed by atoms with van der Waals surface area (Å²) >= 11 is 0. The second kappa shape index (κ2) is 9.27. The summed E-state index contributed by atoms with van der Waals surface area (Å²) in [6.07, 6.45) is 10.4. The molecule has 4 aromatic carbocycles. The highest BCUT2D eigenvalue weighted by molar-refractivity contribution is 5.87. The van der Waals surface area contributed by atoms with Gasteiger partial charge in [-0.15, -0.1) is 0 Å². The molecule has 40 heavy (non-hydrogen) atoms. The third-order valence-electron chi connectivity index (χ3n) is 9.28. The van der Waals surface area contributed by atoms with Crippen molar-refractivity contribution in [2.45, 2.75) is 37.5 Å². The number of nitrogens with one attached hydrogen (secondary N) is 2. The average molecular weight is 517 g/mol. The van der Waals surface area contributed by atoms with Crippen LogP contribution in [0.2, 0.25) is 0 Å². The van der Waals surface area contributed by atoms with E-state index in [9.17, 15) is 0 Å². The molecule has 194 valence electrons. The topological polar surface area (TPSA) is 31.6 Å². The first kappa shape index (κ1) is 23.3. The number of aromatic nitrogens is 2. The van der Waals surface area contributed by atoms with E-state index in [1.165, 1.54) is 87.7 Å². The van der Waals surface area contributed by atoms with E-state index in [1.807, 2.05) is 12.4 Å². The molecule has 1 fully saturated rings. The first-order valence-electron chi connectivity index (χ1n) is 14.6. The van der Waals surface area contributed by atoms with Gasteiger partial charge in [-0.1, -0.05) is 79.9 Å². The van der Waals surface area contributed by atoms with Crippen molar-refractivity contribution in [3.8, 4) is 55.9 Å². The van der Waals surface area contributed by atoms with Crippen LogP contribution in [-0.4, -0.2) is 9.97 Å². The van der Waals surface area contributed by atoms with E-state index in [2.05, 4.69) is 119 Å². The van der Waals surface area contributed by atoms with Gasteiger partial charge >= 0.3 is 0 Å². The number of benzene rings is 4. The Morgan fingerprint density at radius 1 is 0.425 bits per heavy atom. The molecule has 2 heterocycles. The highest BCUT2D eigenvalue weighted by atomic mass is 14.7. The summed E-state index contributed by atoms with van der Waals surface area (Å²) < 4.78 is 0. The Morgan fingerprint density at radius 3 is 1.38 bits per heavy atom. The predicted octanol–water partition coefficient (Wildman–Crippen LogP) is 10.2. The Balaban J connectivity index is 1.23. The average Bonchev–Trinajstić information content (AvgIpc) is 3.80. The molecule has 2 nitrogen and oxygen atoms in total. The first-order chi connectivity index (χ1) is 19.8.